The third-order valence-corrected chi connectivity index (χ3v) is 3.44. The Morgan fingerprint density at radius 1 is 1.08 bits per heavy atom. The number of hydrogen-bond donors (Lipinski definition) is 0. The molecule has 2 rings (SSSR count). The van der Waals surface area contributed by atoms with E-state index >= 15 is 0 Å². The zero-order valence-electron chi connectivity index (χ0n) is 12.8. The van der Waals surface area contributed by atoms with Gasteiger partial charge in [0.15, 0.2) is 11.5 Å². The van der Waals surface area contributed by atoms with E-state index in [1.807, 2.05) is 0 Å². The van der Waals surface area contributed by atoms with E-state index in [2.05, 4.69) is 0 Å². The molecule has 2 aromatic carbocycles. The molecule has 0 spiro atoms. The van der Waals surface area contributed by atoms with E-state index in [1.165, 1.54) is 31.4 Å². The maximum absolute atomic E-state index is 11.3. The average Bonchev–Trinajstić information content (AvgIpc) is 2.59. The predicted octanol–water partition coefficient (Wildman–Crippen LogP) is 3.47. The van der Waals surface area contributed by atoms with Gasteiger partial charge in [-0.25, -0.2) is 0 Å². The topological polar surface area (TPSA) is 122 Å². The number of carbonyl (C=O) groups is 1. The van der Waals surface area contributed by atoms with Crippen molar-refractivity contribution in [1.82, 2.24) is 0 Å². The lowest BCUT2D eigenvalue weighted by Crippen LogP contribution is -2.03. The molecule has 0 aliphatic rings. The van der Waals surface area contributed by atoms with Crippen molar-refractivity contribution in [1.29, 1.82) is 0 Å². The SMILES string of the molecule is COc1cc(C(=O)Cl)c([N+](=O)[O-])cc1OCc1ccc([N+](=O)[O-])cc1. The Morgan fingerprint density at radius 3 is 2.20 bits per heavy atom. The Hall–Kier alpha value is -3.20. The number of methoxy groups -OCH3 is 1. The van der Waals surface area contributed by atoms with Crippen LogP contribution in [0.2, 0.25) is 0 Å². The van der Waals surface area contributed by atoms with Crippen LogP contribution in [0, 0.1) is 20.2 Å². The molecule has 0 aliphatic carbocycles. The monoisotopic (exact) mass is 366 g/mol. The molecule has 0 aliphatic heterocycles. The van der Waals surface area contributed by atoms with Crippen molar-refractivity contribution in [3.63, 3.8) is 0 Å². The van der Waals surface area contributed by atoms with Crippen LogP contribution in [0.5, 0.6) is 11.5 Å². The van der Waals surface area contributed by atoms with Gasteiger partial charge >= 0.3 is 0 Å². The maximum atomic E-state index is 11.3. The summed E-state index contributed by atoms with van der Waals surface area (Å²) >= 11 is 5.35. The van der Waals surface area contributed by atoms with Crippen molar-refractivity contribution in [2.45, 2.75) is 6.61 Å². The second-order valence-electron chi connectivity index (χ2n) is 4.76. The van der Waals surface area contributed by atoms with Crippen LogP contribution in [0.3, 0.4) is 0 Å². The first-order valence-electron chi connectivity index (χ1n) is 6.76. The number of nitrogens with zero attached hydrogens (tertiary/aromatic N) is 2. The molecule has 0 N–H and O–H groups in total. The van der Waals surface area contributed by atoms with Gasteiger partial charge in [-0.15, -0.1) is 0 Å². The molecular formula is C15H11ClN2O7. The molecule has 0 radical (unpaired) electrons. The van der Waals surface area contributed by atoms with E-state index < -0.39 is 20.8 Å². The number of benzene rings is 2. The molecule has 0 bridgehead atoms. The van der Waals surface area contributed by atoms with Crippen molar-refractivity contribution in [3.8, 4) is 11.5 Å². The van der Waals surface area contributed by atoms with Gasteiger partial charge in [-0.3, -0.25) is 25.0 Å². The molecule has 0 fully saturated rings. The van der Waals surface area contributed by atoms with Crippen LogP contribution < -0.4 is 9.47 Å². The minimum absolute atomic E-state index is 0.0142. The second-order valence-corrected chi connectivity index (χ2v) is 5.11. The normalized spacial score (nSPS) is 10.2. The van der Waals surface area contributed by atoms with Gasteiger partial charge in [0, 0.05) is 18.2 Å². The van der Waals surface area contributed by atoms with E-state index in [0.29, 0.717) is 5.56 Å². The Bertz CT molecular complexity index is 837. The van der Waals surface area contributed by atoms with Gasteiger partial charge in [0.2, 0.25) is 0 Å². The van der Waals surface area contributed by atoms with Gasteiger partial charge < -0.3 is 9.47 Å². The maximum Gasteiger partial charge on any atom is 0.285 e. The highest BCUT2D eigenvalue weighted by atomic mass is 35.5. The molecule has 0 unspecified atom stereocenters. The van der Waals surface area contributed by atoms with Gasteiger partial charge in [-0.05, 0) is 29.3 Å². The van der Waals surface area contributed by atoms with Crippen molar-refractivity contribution in [2.75, 3.05) is 7.11 Å². The fourth-order valence-electron chi connectivity index (χ4n) is 2.00. The van der Waals surface area contributed by atoms with Gasteiger partial charge in [0.25, 0.3) is 16.6 Å². The van der Waals surface area contributed by atoms with E-state index in [1.54, 1.807) is 0 Å². The summed E-state index contributed by atoms with van der Waals surface area (Å²) < 4.78 is 10.5. The van der Waals surface area contributed by atoms with Crippen LogP contribution in [0.25, 0.3) is 0 Å². The van der Waals surface area contributed by atoms with E-state index in [-0.39, 0.29) is 29.4 Å². The summed E-state index contributed by atoms with van der Waals surface area (Å²) in [5.74, 6) is 0.130. The molecule has 0 aromatic heterocycles. The Morgan fingerprint density at radius 2 is 1.72 bits per heavy atom. The van der Waals surface area contributed by atoms with E-state index in [0.717, 1.165) is 12.1 Å². The Balaban J connectivity index is 2.29. The Kier molecular flexibility index (Phi) is 5.50. The van der Waals surface area contributed by atoms with Crippen molar-refractivity contribution in [3.05, 3.63) is 67.8 Å². The minimum Gasteiger partial charge on any atom is -0.493 e. The lowest BCUT2D eigenvalue weighted by molar-refractivity contribution is -0.385. The number of non-ortho nitro benzene ring substituents is 1. The van der Waals surface area contributed by atoms with Gasteiger partial charge in [0.1, 0.15) is 12.2 Å². The van der Waals surface area contributed by atoms with Gasteiger partial charge in [-0.1, -0.05) is 0 Å². The smallest absolute Gasteiger partial charge is 0.285 e. The number of hydrogen-bond acceptors (Lipinski definition) is 7. The number of carbonyl (C=O) groups excluding carboxylic acids is 1. The zero-order valence-corrected chi connectivity index (χ0v) is 13.6. The molecule has 2 aromatic rings. The predicted molar refractivity (Wildman–Crippen MR) is 87.3 cm³/mol. The first-order valence-corrected chi connectivity index (χ1v) is 7.13. The Labute approximate surface area is 146 Å². The molecular weight excluding hydrogens is 356 g/mol. The van der Waals surface area contributed by atoms with Crippen LogP contribution in [0.4, 0.5) is 11.4 Å². The molecule has 10 heteroatoms. The molecule has 0 heterocycles. The number of nitro groups is 2. The molecule has 0 saturated carbocycles. The quantitative estimate of drug-likeness (QED) is 0.417. The third kappa shape index (κ3) is 4.21. The molecule has 0 atom stereocenters. The van der Waals surface area contributed by atoms with Crippen molar-refractivity contribution >= 4 is 28.2 Å². The van der Waals surface area contributed by atoms with Crippen LogP contribution in [0.15, 0.2) is 36.4 Å². The number of ether oxygens (including phenoxy) is 2. The summed E-state index contributed by atoms with van der Waals surface area (Å²) in [6.45, 7) is -0.0142. The first kappa shape index (κ1) is 18.1. The second kappa shape index (κ2) is 7.58. The highest BCUT2D eigenvalue weighted by Crippen LogP contribution is 2.36. The fourth-order valence-corrected chi connectivity index (χ4v) is 2.16. The van der Waals surface area contributed by atoms with E-state index in [9.17, 15) is 25.0 Å². The van der Waals surface area contributed by atoms with Crippen molar-refractivity contribution in [2.24, 2.45) is 0 Å². The minimum atomic E-state index is -0.994. The highest BCUT2D eigenvalue weighted by Gasteiger charge is 2.23. The zero-order chi connectivity index (χ0) is 18.6. The summed E-state index contributed by atoms with van der Waals surface area (Å²) in [5, 5.41) is 20.7. The van der Waals surface area contributed by atoms with Crippen LogP contribution >= 0.6 is 11.6 Å². The summed E-state index contributed by atoms with van der Waals surface area (Å²) in [6.07, 6.45) is 0. The fraction of sp³-hybridized carbons (Fsp3) is 0.133. The molecule has 0 amide bonds. The average molecular weight is 367 g/mol. The highest BCUT2D eigenvalue weighted by molar-refractivity contribution is 6.68. The number of rotatable bonds is 7. The summed E-state index contributed by atoms with van der Waals surface area (Å²) in [6, 6.07) is 7.78. The van der Waals surface area contributed by atoms with Crippen LogP contribution in [-0.2, 0) is 6.61 Å². The number of halogens is 1. The molecule has 130 valence electrons. The largest absolute Gasteiger partial charge is 0.493 e. The standard InChI is InChI=1S/C15H11ClN2O7/c1-24-13-6-11(15(16)19)12(18(22)23)7-14(13)25-8-9-2-4-10(5-3-9)17(20)21/h2-7H,8H2,1H3. The lowest BCUT2D eigenvalue weighted by atomic mass is 10.1. The molecule has 0 saturated heterocycles. The summed E-state index contributed by atoms with van der Waals surface area (Å²) in [5.41, 5.74) is -0.291. The van der Waals surface area contributed by atoms with Crippen molar-refractivity contribution < 1.29 is 24.1 Å². The molecule has 9 nitrogen and oxygen atoms in total. The summed E-state index contributed by atoms with van der Waals surface area (Å²) in [7, 11) is 1.31. The third-order valence-electron chi connectivity index (χ3n) is 3.23. The molecule has 25 heavy (non-hydrogen) atoms. The van der Waals surface area contributed by atoms with Crippen LogP contribution in [-0.4, -0.2) is 22.2 Å². The van der Waals surface area contributed by atoms with Gasteiger partial charge in [-0.2, -0.15) is 0 Å². The van der Waals surface area contributed by atoms with Crippen LogP contribution in [0.1, 0.15) is 15.9 Å². The first-order chi connectivity index (χ1) is 11.8. The van der Waals surface area contributed by atoms with Gasteiger partial charge in [0.05, 0.1) is 23.0 Å². The summed E-state index contributed by atoms with van der Waals surface area (Å²) in [4.78, 5) is 31.7. The van der Waals surface area contributed by atoms with E-state index in [4.69, 9.17) is 21.1 Å². The number of nitro benzene ring substituents is 2. The lowest BCUT2D eigenvalue weighted by Gasteiger charge is -2.12.